The number of fused-ring (bicyclic) bond motifs is 1. The van der Waals surface area contributed by atoms with E-state index < -0.39 is 0 Å². The highest BCUT2D eigenvalue weighted by molar-refractivity contribution is 6.02. The molecular weight excluding hydrogens is 316 g/mol. The molecule has 1 amide bonds. The molecule has 25 heavy (non-hydrogen) atoms. The Morgan fingerprint density at radius 1 is 1.20 bits per heavy atom. The molecule has 126 valence electrons. The first kappa shape index (κ1) is 14.3. The van der Waals surface area contributed by atoms with Gasteiger partial charge in [-0.1, -0.05) is 12.1 Å². The van der Waals surface area contributed by atoms with Gasteiger partial charge >= 0.3 is 0 Å². The number of hydrogen-bond acceptors (Lipinski definition) is 4. The summed E-state index contributed by atoms with van der Waals surface area (Å²) in [5.74, 6) is 1.64. The van der Waals surface area contributed by atoms with E-state index in [1.54, 1.807) is 6.20 Å². The van der Waals surface area contributed by atoms with Crippen LogP contribution in [-0.4, -0.2) is 27.0 Å². The van der Waals surface area contributed by atoms with Crippen LogP contribution in [0.1, 0.15) is 40.7 Å². The Bertz CT molecular complexity index is 954. The van der Waals surface area contributed by atoms with Gasteiger partial charge in [0, 0.05) is 17.3 Å². The van der Waals surface area contributed by atoms with Crippen molar-refractivity contribution in [1.29, 1.82) is 0 Å². The molecule has 2 aromatic heterocycles. The summed E-state index contributed by atoms with van der Waals surface area (Å²) in [5, 5.41) is 10.8. The predicted molar refractivity (Wildman–Crippen MR) is 93.0 cm³/mol. The van der Waals surface area contributed by atoms with Crippen molar-refractivity contribution < 1.29 is 9.21 Å². The quantitative estimate of drug-likeness (QED) is 0.766. The lowest BCUT2D eigenvalue weighted by Crippen LogP contribution is -2.44. The van der Waals surface area contributed by atoms with E-state index >= 15 is 0 Å². The molecule has 6 heteroatoms. The molecule has 1 aliphatic carbocycles. The lowest BCUT2D eigenvalue weighted by atomic mass is 10.0. The standard InChI is InChI=1S/C19H18N4O2/c1-11-6-9-16(25-11)17-14(10-20-22-17)18-21-15-5-3-2-4-13(15)19(24)23(18)12-7-8-12/h2-6,9-10,12,18,21H,7-8H2,1H3,(H,20,22). The number of aromatic amines is 1. The molecule has 1 saturated carbocycles. The van der Waals surface area contributed by atoms with E-state index in [-0.39, 0.29) is 18.1 Å². The molecule has 1 atom stereocenters. The van der Waals surface area contributed by atoms with Crippen LogP contribution < -0.4 is 5.32 Å². The Balaban J connectivity index is 1.62. The summed E-state index contributed by atoms with van der Waals surface area (Å²) in [7, 11) is 0. The van der Waals surface area contributed by atoms with E-state index in [1.807, 2.05) is 48.2 Å². The summed E-state index contributed by atoms with van der Waals surface area (Å²) >= 11 is 0. The van der Waals surface area contributed by atoms with Crippen LogP contribution in [0.5, 0.6) is 0 Å². The van der Waals surface area contributed by atoms with E-state index in [9.17, 15) is 4.79 Å². The van der Waals surface area contributed by atoms with Crippen molar-refractivity contribution in [2.45, 2.75) is 32.0 Å². The number of nitrogens with zero attached hydrogens (tertiary/aromatic N) is 2. The van der Waals surface area contributed by atoms with Crippen molar-refractivity contribution in [3.8, 4) is 11.5 Å². The van der Waals surface area contributed by atoms with Crippen LogP contribution in [0.3, 0.4) is 0 Å². The highest BCUT2D eigenvalue weighted by Crippen LogP contribution is 2.42. The number of rotatable bonds is 3. The van der Waals surface area contributed by atoms with Crippen molar-refractivity contribution in [2.24, 2.45) is 0 Å². The fraction of sp³-hybridized carbons (Fsp3) is 0.263. The van der Waals surface area contributed by atoms with Crippen LogP contribution in [0.25, 0.3) is 11.5 Å². The number of furan rings is 1. The maximum Gasteiger partial charge on any atom is 0.258 e. The van der Waals surface area contributed by atoms with Crippen molar-refractivity contribution in [1.82, 2.24) is 15.1 Å². The van der Waals surface area contributed by atoms with Crippen LogP contribution in [0.15, 0.2) is 47.0 Å². The number of H-pyrrole nitrogens is 1. The molecule has 0 bridgehead atoms. The monoisotopic (exact) mass is 334 g/mol. The molecule has 0 spiro atoms. The third-order valence-corrected chi connectivity index (χ3v) is 4.85. The number of nitrogens with one attached hydrogen (secondary N) is 2. The van der Waals surface area contributed by atoms with Crippen LogP contribution >= 0.6 is 0 Å². The molecule has 0 radical (unpaired) electrons. The second-order valence-electron chi connectivity index (χ2n) is 6.65. The van der Waals surface area contributed by atoms with Gasteiger partial charge in [-0.3, -0.25) is 9.89 Å². The molecular formula is C19H18N4O2. The van der Waals surface area contributed by atoms with Crippen molar-refractivity contribution in [2.75, 3.05) is 5.32 Å². The molecule has 1 unspecified atom stereocenters. The topological polar surface area (TPSA) is 74.2 Å². The molecule has 1 fully saturated rings. The number of hydrogen-bond donors (Lipinski definition) is 2. The Labute approximate surface area is 144 Å². The van der Waals surface area contributed by atoms with Gasteiger partial charge in [0.25, 0.3) is 5.91 Å². The van der Waals surface area contributed by atoms with Crippen LogP contribution in [0.4, 0.5) is 5.69 Å². The number of benzene rings is 1. The van der Waals surface area contributed by atoms with Crippen LogP contribution in [-0.2, 0) is 0 Å². The zero-order chi connectivity index (χ0) is 17.0. The largest absolute Gasteiger partial charge is 0.460 e. The highest BCUT2D eigenvalue weighted by atomic mass is 16.3. The zero-order valence-electron chi connectivity index (χ0n) is 13.8. The zero-order valence-corrected chi connectivity index (χ0v) is 13.8. The number of aryl methyl sites for hydroxylation is 1. The number of para-hydroxylation sites is 1. The first-order valence-corrected chi connectivity index (χ1v) is 8.50. The number of carbonyl (C=O) groups is 1. The number of aromatic nitrogens is 2. The van der Waals surface area contributed by atoms with E-state index in [0.717, 1.165) is 46.9 Å². The second kappa shape index (κ2) is 5.24. The van der Waals surface area contributed by atoms with Gasteiger partial charge in [0.1, 0.15) is 17.6 Å². The Morgan fingerprint density at radius 2 is 2.04 bits per heavy atom. The van der Waals surface area contributed by atoms with Gasteiger partial charge in [0.2, 0.25) is 0 Å². The minimum Gasteiger partial charge on any atom is -0.460 e. The second-order valence-corrected chi connectivity index (χ2v) is 6.65. The summed E-state index contributed by atoms with van der Waals surface area (Å²) in [4.78, 5) is 15.0. The lowest BCUT2D eigenvalue weighted by molar-refractivity contribution is 0.0667. The Hall–Kier alpha value is -3.02. The smallest absolute Gasteiger partial charge is 0.258 e. The van der Waals surface area contributed by atoms with Gasteiger partial charge in [0.15, 0.2) is 5.76 Å². The van der Waals surface area contributed by atoms with Gasteiger partial charge in [-0.15, -0.1) is 0 Å². The minimum atomic E-state index is -0.256. The molecule has 3 aromatic rings. The van der Waals surface area contributed by atoms with Gasteiger partial charge < -0.3 is 14.6 Å². The third-order valence-electron chi connectivity index (χ3n) is 4.85. The van der Waals surface area contributed by atoms with Crippen molar-refractivity contribution in [3.05, 3.63) is 59.5 Å². The van der Waals surface area contributed by atoms with Crippen LogP contribution in [0.2, 0.25) is 0 Å². The Kier molecular flexibility index (Phi) is 3.00. The molecule has 0 saturated heterocycles. The summed E-state index contributed by atoms with van der Waals surface area (Å²) in [6.45, 7) is 1.91. The molecule has 5 rings (SSSR count). The summed E-state index contributed by atoms with van der Waals surface area (Å²) in [5.41, 5.74) is 3.31. The maximum absolute atomic E-state index is 13.1. The Morgan fingerprint density at radius 3 is 2.80 bits per heavy atom. The fourth-order valence-corrected chi connectivity index (χ4v) is 3.49. The highest BCUT2D eigenvalue weighted by Gasteiger charge is 2.43. The van der Waals surface area contributed by atoms with E-state index in [2.05, 4.69) is 15.5 Å². The van der Waals surface area contributed by atoms with E-state index in [0.29, 0.717) is 0 Å². The van der Waals surface area contributed by atoms with E-state index in [4.69, 9.17) is 4.42 Å². The average molecular weight is 334 g/mol. The third kappa shape index (κ3) is 2.25. The van der Waals surface area contributed by atoms with E-state index in [1.165, 1.54) is 0 Å². The molecule has 6 nitrogen and oxygen atoms in total. The van der Waals surface area contributed by atoms with Gasteiger partial charge in [-0.05, 0) is 44.0 Å². The van der Waals surface area contributed by atoms with Crippen molar-refractivity contribution >= 4 is 11.6 Å². The summed E-state index contributed by atoms with van der Waals surface area (Å²) in [6.07, 6.45) is 3.61. The van der Waals surface area contributed by atoms with Gasteiger partial charge in [-0.2, -0.15) is 5.10 Å². The number of carbonyl (C=O) groups excluding carboxylic acids is 1. The normalized spacial score (nSPS) is 19.6. The molecule has 2 aliphatic rings. The maximum atomic E-state index is 13.1. The van der Waals surface area contributed by atoms with Gasteiger partial charge in [-0.25, -0.2) is 0 Å². The summed E-state index contributed by atoms with van der Waals surface area (Å²) in [6, 6.07) is 11.8. The lowest BCUT2D eigenvalue weighted by Gasteiger charge is -2.38. The SMILES string of the molecule is Cc1ccc(-c2[nH]ncc2C2Nc3ccccc3C(=O)N2C2CC2)o1. The predicted octanol–water partition coefficient (Wildman–Crippen LogP) is 3.71. The molecule has 2 N–H and O–H groups in total. The number of anilines is 1. The van der Waals surface area contributed by atoms with Gasteiger partial charge in [0.05, 0.1) is 11.8 Å². The first-order chi connectivity index (χ1) is 12.2. The fourth-order valence-electron chi connectivity index (χ4n) is 3.49. The molecule has 3 heterocycles. The number of amides is 1. The molecule has 1 aliphatic heterocycles. The first-order valence-electron chi connectivity index (χ1n) is 8.50. The van der Waals surface area contributed by atoms with Crippen molar-refractivity contribution in [3.63, 3.8) is 0 Å². The minimum absolute atomic E-state index is 0.0737. The van der Waals surface area contributed by atoms with Crippen LogP contribution in [0, 0.1) is 6.92 Å². The average Bonchev–Trinajstić information content (AvgIpc) is 3.16. The summed E-state index contributed by atoms with van der Waals surface area (Å²) < 4.78 is 5.76. The molecule has 1 aromatic carbocycles.